The van der Waals surface area contributed by atoms with Crippen molar-refractivity contribution in [1.82, 2.24) is 4.98 Å². The molecule has 0 bridgehead atoms. The van der Waals surface area contributed by atoms with Crippen LogP contribution in [0, 0.1) is 6.92 Å². The van der Waals surface area contributed by atoms with E-state index in [-0.39, 0.29) is 5.91 Å². The minimum Gasteiger partial charge on any atom is -0.495 e. The number of halogens is 1. The summed E-state index contributed by atoms with van der Waals surface area (Å²) in [4.78, 5) is 16.6. The van der Waals surface area contributed by atoms with Crippen molar-refractivity contribution in [2.75, 3.05) is 12.4 Å². The molecule has 4 nitrogen and oxygen atoms in total. The van der Waals surface area contributed by atoms with Crippen molar-refractivity contribution in [2.45, 2.75) is 6.92 Å². The number of carbonyl (C=O) groups is 1. The zero-order valence-electron chi connectivity index (χ0n) is 13.9. The summed E-state index contributed by atoms with van der Waals surface area (Å²) in [5, 5.41) is 2.89. The molecule has 5 heteroatoms. The van der Waals surface area contributed by atoms with Gasteiger partial charge in [0, 0.05) is 18.0 Å². The predicted molar refractivity (Wildman–Crippen MR) is 103 cm³/mol. The third-order valence-corrected chi connectivity index (χ3v) is 4.44. The molecule has 0 atom stereocenters. The van der Waals surface area contributed by atoms with Crippen LogP contribution in [0.2, 0.25) is 0 Å². The first kappa shape index (κ1) is 17.2. The van der Waals surface area contributed by atoms with Gasteiger partial charge in [0.15, 0.2) is 0 Å². The number of amides is 1. The van der Waals surface area contributed by atoms with E-state index in [4.69, 9.17) is 4.74 Å². The van der Waals surface area contributed by atoms with Crippen LogP contribution in [-0.4, -0.2) is 18.0 Å². The average Bonchev–Trinajstić information content (AvgIpc) is 2.62. The number of ether oxygens (including phenoxy) is 1. The lowest BCUT2D eigenvalue weighted by atomic mass is 10.0. The molecule has 1 heterocycles. The largest absolute Gasteiger partial charge is 0.495 e. The standard InChI is InChI=1S/C20H17BrN2O2/c1-13-6-3-4-9-16(13)14-7-5-8-15(10-14)23-20(24)18-11-19(25-2)17(21)12-22-18/h3-12H,1-2H3,(H,23,24). The summed E-state index contributed by atoms with van der Waals surface area (Å²) in [7, 11) is 1.55. The molecular formula is C20H17BrN2O2. The fraction of sp³-hybridized carbons (Fsp3) is 0.100. The molecule has 0 unspecified atom stereocenters. The van der Waals surface area contributed by atoms with E-state index in [9.17, 15) is 4.79 Å². The molecule has 0 aliphatic carbocycles. The van der Waals surface area contributed by atoms with Crippen LogP contribution in [0.15, 0.2) is 65.3 Å². The van der Waals surface area contributed by atoms with Crippen LogP contribution in [0.5, 0.6) is 5.75 Å². The molecule has 0 aliphatic heterocycles. The van der Waals surface area contributed by atoms with Crippen LogP contribution in [0.4, 0.5) is 5.69 Å². The van der Waals surface area contributed by atoms with Gasteiger partial charge in [0.25, 0.3) is 5.91 Å². The zero-order chi connectivity index (χ0) is 17.8. The molecule has 3 rings (SSSR count). The van der Waals surface area contributed by atoms with E-state index in [1.165, 1.54) is 5.56 Å². The molecule has 0 saturated carbocycles. The Bertz CT molecular complexity index is 925. The maximum Gasteiger partial charge on any atom is 0.274 e. The Labute approximate surface area is 155 Å². The predicted octanol–water partition coefficient (Wildman–Crippen LogP) is 5.08. The molecule has 25 heavy (non-hydrogen) atoms. The Kier molecular flexibility index (Phi) is 5.14. The van der Waals surface area contributed by atoms with Gasteiger partial charge < -0.3 is 10.1 Å². The number of aryl methyl sites for hydroxylation is 1. The minimum atomic E-state index is -0.285. The molecule has 0 fully saturated rings. The first-order chi connectivity index (χ1) is 12.1. The molecular weight excluding hydrogens is 380 g/mol. The van der Waals surface area contributed by atoms with E-state index in [1.54, 1.807) is 19.4 Å². The van der Waals surface area contributed by atoms with Gasteiger partial charge in [0.1, 0.15) is 11.4 Å². The lowest BCUT2D eigenvalue weighted by Crippen LogP contribution is -2.13. The summed E-state index contributed by atoms with van der Waals surface area (Å²) < 4.78 is 5.91. The summed E-state index contributed by atoms with van der Waals surface area (Å²) in [6, 6.07) is 17.5. The van der Waals surface area contributed by atoms with Gasteiger partial charge in [-0.25, -0.2) is 4.98 Å². The summed E-state index contributed by atoms with van der Waals surface area (Å²) in [5.74, 6) is 0.279. The number of methoxy groups -OCH3 is 1. The van der Waals surface area contributed by atoms with Gasteiger partial charge in [-0.3, -0.25) is 4.79 Å². The molecule has 126 valence electrons. The minimum absolute atomic E-state index is 0.285. The SMILES string of the molecule is COc1cc(C(=O)Nc2cccc(-c3ccccc3C)c2)ncc1Br. The van der Waals surface area contributed by atoms with Crippen LogP contribution in [-0.2, 0) is 0 Å². The van der Waals surface area contributed by atoms with E-state index in [0.717, 1.165) is 16.8 Å². The van der Waals surface area contributed by atoms with E-state index in [1.807, 2.05) is 36.4 Å². The number of pyridine rings is 1. The highest BCUT2D eigenvalue weighted by Gasteiger charge is 2.12. The van der Waals surface area contributed by atoms with E-state index in [2.05, 4.69) is 45.3 Å². The van der Waals surface area contributed by atoms with Crippen molar-refractivity contribution < 1.29 is 9.53 Å². The molecule has 0 spiro atoms. The normalized spacial score (nSPS) is 10.4. The Morgan fingerprint density at radius 2 is 1.92 bits per heavy atom. The van der Waals surface area contributed by atoms with Crippen LogP contribution < -0.4 is 10.1 Å². The maximum absolute atomic E-state index is 12.5. The Morgan fingerprint density at radius 3 is 2.68 bits per heavy atom. The van der Waals surface area contributed by atoms with Crippen LogP contribution in [0.3, 0.4) is 0 Å². The van der Waals surface area contributed by atoms with E-state index in [0.29, 0.717) is 15.9 Å². The second-order valence-electron chi connectivity index (χ2n) is 5.55. The van der Waals surface area contributed by atoms with Crippen LogP contribution in [0.1, 0.15) is 16.1 Å². The lowest BCUT2D eigenvalue weighted by molar-refractivity contribution is 0.102. The molecule has 1 aromatic heterocycles. The highest BCUT2D eigenvalue weighted by molar-refractivity contribution is 9.10. The van der Waals surface area contributed by atoms with Gasteiger partial charge in [-0.05, 0) is 51.7 Å². The summed E-state index contributed by atoms with van der Waals surface area (Å²) >= 11 is 3.33. The van der Waals surface area contributed by atoms with Crippen molar-refractivity contribution >= 4 is 27.5 Å². The third-order valence-electron chi connectivity index (χ3n) is 3.85. The first-order valence-electron chi connectivity index (χ1n) is 7.75. The molecule has 1 amide bonds. The number of aromatic nitrogens is 1. The molecule has 2 aromatic carbocycles. The van der Waals surface area contributed by atoms with Crippen molar-refractivity contribution in [3.63, 3.8) is 0 Å². The van der Waals surface area contributed by atoms with Gasteiger partial charge in [-0.15, -0.1) is 0 Å². The smallest absolute Gasteiger partial charge is 0.274 e. The summed E-state index contributed by atoms with van der Waals surface area (Å²) in [5.41, 5.74) is 4.39. The number of anilines is 1. The van der Waals surface area contributed by atoms with Gasteiger partial charge in [-0.1, -0.05) is 36.4 Å². The Hall–Kier alpha value is -2.66. The first-order valence-corrected chi connectivity index (χ1v) is 8.55. The average molecular weight is 397 g/mol. The lowest BCUT2D eigenvalue weighted by Gasteiger charge is -2.10. The Morgan fingerprint density at radius 1 is 1.12 bits per heavy atom. The van der Waals surface area contributed by atoms with Crippen LogP contribution in [0.25, 0.3) is 11.1 Å². The number of nitrogens with zero attached hydrogens (tertiary/aromatic N) is 1. The molecule has 0 aliphatic rings. The number of carbonyl (C=O) groups excluding carboxylic acids is 1. The fourth-order valence-corrected chi connectivity index (χ4v) is 2.94. The van der Waals surface area contributed by atoms with Crippen LogP contribution >= 0.6 is 15.9 Å². The van der Waals surface area contributed by atoms with E-state index < -0.39 is 0 Å². The topological polar surface area (TPSA) is 51.2 Å². The highest BCUT2D eigenvalue weighted by Crippen LogP contribution is 2.27. The van der Waals surface area contributed by atoms with Gasteiger partial charge >= 0.3 is 0 Å². The number of hydrogen-bond acceptors (Lipinski definition) is 3. The second-order valence-corrected chi connectivity index (χ2v) is 6.41. The van der Waals surface area contributed by atoms with Crippen molar-refractivity contribution in [3.8, 4) is 16.9 Å². The number of hydrogen-bond donors (Lipinski definition) is 1. The summed E-state index contributed by atoms with van der Waals surface area (Å²) in [6.07, 6.45) is 1.55. The highest BCUT2D eigenvalue weighted by atomic mass is 79.9. The van der Waals surface area contributed by atoms with Crippen molar-refractivity contribution in [3.05, 3.63) is 76.5 Å². The van der Waals surface area contributed by atoms with Gasteiger partial charge in [0.2, 0.25) is 0 Å². The quantitative estimate of drug-likeness (QED) is 0.668. The molecule has 3 aromatic rings. The maximum atomic E-state index is 12.5. The molecule has 0 radical (unpaired) electrons. The monoisotopic (exact) mass is 396 g/mol. The van der Waals surface area contributed by atoms with Crippen molar-refractivity contribution in [2.24, 2.45) is 0 Å². The molecule has 0 saturated heterocycles. The third kappa shape index (κ3) is 3.88. The number of nitrogens with one attached hydrogen (secondary N) is 1. The zero-order valence-corrected chi connectivity index (χ0v) is 15.5. The van der Waals surface area contributed by atoms with E-state index >= 15 is 0 Å². The van der Waals surface area contributed by atoms with Gasteiger partial charge in [-0.2, -0.15) is 0 Å². The fourth-order valence-electron chi connectivity index (χ4n) is 2.56. The van der Waals surface area contributed by atoms with Gasteiger partial charge in [0.05, 0.1) is 11.6 Å². The second kappa shape index (κ2) is 7.49. The summed E-state index contributed by atoms with van der Waals surface area (Å²) in [6.45, 7) is 2.07. The van der Waals surface area contributed by atoms with Crippen molar-refractivity contribution in [1.29, 1.82) is 0 Å². The molecule has 1 N–H and O–H groups in total. The number of rotatable bonds is 4. The number of benzene rings is 2. The Balaban J connectivity index is 1.85.